The number of aromatic nitrogens is 2. The predicted octanol–water partition coefficient (Wildman–Crippen LogP) is 4.44. The molecule has 0 saturated carbocycles. The zero-order chi connectivity index (χ0) is 19.7. The van der Waals surface area contributed by atoms with Crippen molar-refractivity contribution in [1.29, 1.82) is 0 Å². The van der Waals surface area contributed by atoms with Crippen LogP contribution in [0.5, 0.6) is 0 Å². The molecule has 1 amide bonds. The molecule has 1 fully saturated rings. The van der Waals surface area contributed by atoms with Crippen LogP contribution in [0.4, 0.5) is 5.82 Å². The van der Waals surface area contributed by atoms with Crippen LogP contribution < -0.4 is 4.90 Å². The first-order chi connectivity index (χ1) is 13.4. The van der Waals surface area contributed by atoms with Crippen molar-refractivity contribution >= 4 is 34.0 Å². The van der Waals surface area contributed by atoms with Crippen molar-refractivity contribution in [3.05, 3.63) is 41.8 Å². The molecule has 1 saturated heterocycles. The topological polar surface area (TPSA) is 49.3 Å². The highest BCUT2D eigenvalue weighted by Crippen LogP contribution is 2.30. The van der Waals surface area contributed by atoms with Crippen LogP contribution in [0.3, 0.4) is 0 Å². The fourth-order valence-electron chi connectivity index (χ4n) is 3.55. The van der Waals surface area contributed by atoms with Gasteiger partial charge in [-0.25, -0.2) is 9.97 Å². The summed E-state index contributed by atoms with van der Waals surface area (Å²) in [6.45, 7) is 9.39. The molecule has 4 rings (SSSR count). The number of thiophene rings is 1. The van der Waals surface area contributed by atoms with Crippen LogP contribution in [0, 0.1) is 5.41 Å². The molecule has 0 bridgehead atoms. The smallest absolute Gasteiger partial charge is 0.223 e. The lowest BCUT2D eigenvalue weighted by Crippen LogP contribution is -2.49. The molecule has 0 spiro atoms. The molecule has 0 radical (unpaired) electrons. The van der Waals surface area contributed by atoms with E-state index in [-0.39, 0.29) is 11.3 Å². The molecule has 2 aromatic heterocycles. The maximum Gasteiger partial charge on any atom is 0.223 e. The second-order valence-corrected chi connectivity index (χ2v) is 9.42. The van der Waals surface area contributed by atoms with Gasteiger partial charge >= 0.3 is 0 Å². The molecule has 28 heavy (non-hydrogen) atoms. The minimum atomic E-state index is 0.0205. The SMILES string of the molecule is CC(C)(C)CC(=O)N1CCN(c2nc(-c3cccs3)nc3ccccc23)CC1. The van der Waals surface area contributed by atoms with Crippen LogP contribution >= 0.6 is 11.3 Å². The average Bonchev–Trinajstić information content (AvgIpc) is 3.21. The van der Waals surface area contributed by atoms with Crippen LogP contribution in [-0.2, 0) is 4.79 Å². The summed E-state index contributed by atoms with van der Waals surface area (Å²) in [5.41, 5.74) is 0.981. The van der Waals surface area contributed by atoms with E-state index in [1.54, 1.807) is 11.3 Å². The second kappa shape index (κ2) is 7.51. The maximum absolute atomic E-state index is 12.6. The first kappa shape index (κ1) is 18.9. The number of anilines is 1. The summed E-state index contributed by atoms with van der Waals surface area (Å²) in [4.78, 5) is 27.6. The van der Waals surface area contributed by atoms with Gasteiger partial charge in [-0.1, -0.05) is 39.0 Å². The molecule has 5 nitrogen and oxygen atoms in total. The molecule has 0 atom stereocenters. The Hall–Kier alpha value is -2.47. The van der Waals surface area contributed by atoms with Gasteiger partial charge in [0.1, 0.15) is 5.82 Å². The molecule has 3 heterocycles. The Kier molecular flexibility index (Phi) is 5.06. The van der Waals surface area contributed by atoms with E-state index in [4.69, 9.17) is 9.97 Å². The Bertz CT molecular complexity index is 970. The fraction of sp³-hybridized carbons (Fsp3) is 0.409. The predicted molar refractivity (Wildman–Crippen MR) is 116 cm³/mol. The molecular weight excluding hydrogens is 368 g/mol. The molecule has 6 heteroatoms. The lowest BCUT2D eigenvalue weighted by molar-refractivity contribution is -0.133. The average molecular weight is 395 g/mol. The van der Waals surface area contributed by atoms with Gasteiger partial charge in [0.15, 0.2) is 5.82 Å². The van der Waals surface area contributed by atoms with Gasteiger partial charge in [-0.05, 0) is 29.0 Å². The van der Waals surface area contributed by atoms with Crippen molar-refractivity contribution in [1.82, 2.24) is 14.9 Å². The van der Waals surface area contributed by atoms with Crippen molar-refractivity contribution in [2.45, 2.75) is 27.2 Å². The number of para-hydroxylation sites is 1. The number of rotatable bonds is 3. The minimum Gasteiger partial charge on any atom is -0.352 e. The van der Waals surface area contributed by atoms with Crippen molar-refractivity contribution in [3.63, 3.8) is 0 Å². The number of fused-ring (bicyclic) bond motifs is 1. The minimum absolute atomic E-state index is 0.0205. The van der Waals surface area contributed by atoms with E-state index in [1.807, 2.05) is 34.5 Å². The van der Waals surface area contributed by atoms with E-state index in [2.05, 4.69) is 37.8 Å². The first-order valence-corrected chi connectivity index (χ1v) is 10.6. The molecule has 146 valence electrons. The number of hydrogen-bond acceptors (Lipinski definition) is 5. The maximum atomic E-state index is 12.6. The Morgan fingerprint density at radius 3 is 2.46 bits per heavy atom. The summed E-state index contributed by atoms with van der Waals surface area (Å²) in [5.74, 6) is 1.99. The molecule has 0 unspecified atom stereocenters. The fourth-order valence-corrected chi connectivity index (χ4v) is 4.21. The molecule has 0 N–H and O–H groups in total. The summed E-state index contributed by atoms with van der Waals surface area (Å²) in [5, 5.41) is 3.12. The van der Waals surface area contributed by atoms with Crippen molar-refractivity contribution < 1.29 is 4.79 Å². The first-order valence-electron chi connectivity index (χ1n) is 9.74. The Labute approximate surface area is 170 Å². The summed E-state index contributed by atoms with van der Waals surface area (Å²) < 4.78 is 0. The number of carbonyl (C=O) groups is 1. The highest BCUT2D eigenvalue weighted by atomic mass is 32.1. The van der Waals surface area contributed by atoms with E-state index in [9.17, 15) is 4.79 Å². The lowest BCUT2D eigenvalue weighted by atomic mass is 9.91. The van der Waals surface area contributed by atoms with Crippen molar-refractivity contribution in [2.24, 2.45) is 5.41 Å². The van der Waals surface area contributed by atoms with Gasteiger partial charge in [0, 0.05) is 38.0 Å². The van der Waals surface area contributed by atoms with Crippen molar-refractivity contribution in [2.75, 3.05) is 31.1 Å². The third kappa shape index (κ3) is 4.02. The number of amides is 1. The van der Waals surface area contributed by atoms with Crippen LogP contribution in [0.1, 0.15) is 27.2 Å². The zero-order valence-corrected chi connectivity index (χ0v) is 17.5. The van der Waals surface area contributed by atoms with Gasteiger partial charge in [0.25, 0.3) is 0 Å². The lowest BCUT2D eigenvalue weighted by Gasteiger charge is -2.37. The normalized spacial score (nSPS) is 15.2. The number of piperazine rings is 1. The highest BCUT2D eigenvalue weighted by molar-refractivity contribution is 7.13. The van der Waals surface area contributed by atoms with E-state index in [0.29, 0.717) is 6.42 Å². The van der Waals surface area contributed by atoms with Crippen molar-refractivity contribution in [3.8, 4) is 10.7 Å². The molecule has 1 aliphatic rings. The van der Waals surface area contributed by atoms with Crippen LogP contribution in [0.15, 0.2) is 41.8 Å². The zero-order valence-electron chi connectivity index (χ0n) is 16.7. The summed E-state index contributed by atoms with van der Waals surface area (Å²) in [7, 11) is 0. The van der Waals surface area contributed by atoms with Gasteiger partial charge in [-0.15, -0.1) is 11.3 Å². The Morgan fingerprint density at radius 1 is 1.04 bits per heavy atom. The van der Waals surface area contributed by atoms with E-state index in [0.717, 1.165) is 53.6 Å². The standard InChI is InChI=1S/C22H26N4OS/c1-22(2,3)15-19(27)25-10-12-26(13-11-25)21-16-7-4-5-8-17(16)23-20(24-21)18-9-6-14-28-18/h4-9,14H,10-13,15H2,1-3H3. The molecule has 0 aliphatic carbocycles. The molecule has 1 aromatic carbocycles. The summed E-state index contributed by atoms with van der Waals surface area (Å²) in [6.07, 6.45) is 0.589. The number of hydrogen-bond donors (Lipinski definition) is 0. The Balaban J connectivity index is 1.59. The van der Waals surface area contributed by atoms with Crippen LogP contribution in [-0.4, -0.2) is 47.0 Å². The van der Waals surface area contributed by atoms with E-state index < -0.39 is 0 Å². The molecular formula is C22H26N4OS. The monoisotopic (exact) mass is 394 g/mol. The summed E-state index contributed by atoms with van der Waals surface area (Å²) in [6, 6.07) is 12.3. The van der Waals surface area contributed by atoms with Crippen LogP contribution in [0.25, 0.3) is 21.6 Å². The number of benzene rings is 1. The third-order valence-corrected chi connectivity index (χ3v) is 5.80. The van der Waals surface area contributed by atoms with Crippen LogP contribution in [0.2, 0.25) is 0 Å². The number of carbonyl (C=O) groups excluding carboxylic acids is 1. The second-order valence-electron chi connectivity index (χ2n) is 8.47. The van der Waals surface area contributed by atoms with Gasteiger partial charge < -0.3 is 9.80 Å². The van der Waals surface area contributed by atoms with Gasteiger partial charge in [-0.2, -0.15) is 0 Å². The number of nitrogens with zero attached hydrogens (tertiary/aromatic N) is 4. The Morgan fingerprint density at radius 2 is 1.79 bits per heavy atom. The largest absolute Gasteiger partial charge is 0.352 e. The van der Waals surface area contributed by atoms with Gasteiger partial charge in [0.05, 0.1) is 10.4 Å². The van der Waals surface area contributed by atoms with E-state index in [1.165, 1.54) is 0 Å². The molecule has 3 aromatic rings. The summed E-state index contributed by atoms with van der Waals surface area (Å²) >= 11 is 1.65. The van der Waals surface area contributed by atoms with Gasteiger partial charge in [0.2, 0.25) is 5.91 Å². The highest BCUT2D eigenvalue weighted by Gasteiger charge is 2.26. The molecule has 1 aliphatic heterocycles. The quantitative estimate of drug-likeness (QED) is 0.659. The third-order valence-electron chi connectivity index (χ3n) is 4.94. The van der Waals surface area contributed by atoms with Gasteiger partial charge in [-0.3, -0.25) is 4.79 Å². The van der Waals surface area contributed by atoms with E-state index >= 15 is 0 Å².